The standard InChI is InChI=1S/C10H12BrN3O3/c11-8-4-3-7(14(15)16)6-9(8)17-5-1-2-10(12)13/h3-4,6H,1-2,5H2,(H3,12,13). The molecule has 1 aromatic carbocycles. The van der Waals surface area contributed by atoms with E-state index in [2.05, 4.69) is 15.9 Å². The predicted octanol–water partition coefficient (Wildman–Crippen LogP) is 2.45. The van der Waals surface area contributed by atoms with E-state index >= 15 is 0 Å². The Morgan fingerprint density at radius 2 is 2.29 bits per heavy atom. The molecular weight excluding hydrogens is 290 g/mol. The lowest BCUT2D eigenvalue weighted by atomic mass is 10.3. The van der Waals surface area contributed by atoms with Crippen LogP contribution in [0.5, 0.6) is 5.75 Å². The summed E-state index contributed by atoms with van der Waals surface area (Å²) in [5.74, 6) is 0.523. The highest BCUT2D eigenvalue weighted by Gasteiger charge is 2.10. The first-order valence-electron chi connectivity index (χ1n) is 4.90. The Kier molecular flexibility index (Phi) is 4.89. The van der Waals surface area contributed by atoms with E-state index in [1.807, 2.05) is 0 Å². The molecule has 6 nitrogen and oxygen atoms in total. The molecule has 0 radical (unpaired) electrons. The second-order valence-corrected chi connectivity index (χ2v) is 4.20. The summed E-state index contributed by atoms with van der Waals surface area (Å²) in [5, 5.41) is 17.6. The predicted molar refractivity (Wildman–Crippen MR) is 67.4 cm³/mol. The normalized spacial score (nSPS) is 9.94. The number of nitro benzene ring substituents is 1. The van der Waals surface area contributed by atoms with E-state index in [4.69, 9.17) is 15.9 Å². The molecule has 17 heavy (non-hydrogen) atoms. The molecule has 1 rings (SSSR count). The first-order chi connectivity index (χ1) is 8.00. The van der Waals surface area contributed by atoms with Crippen LogP contribution in [-0.4, -0.2) is 17.4 Å². The lowest BCUT2D eigenvalue weighted by molar-refractivity contribution is -0.385. The van der Waals surface area contributed by atoms with Crippen molar-refractivity contribution in [1.82, 2.24) is 0 Å². The summed E-state index contributed by atoms with van der Waals surface area (Å²) < 4.78 is 6.03. The van der Waals surface area contributed by atoms with Crippen molar-refractivity contribution >= 4 is 27.5 Å². The van der Waals surface area contributed by atoms with Gasteiger partial charge in [0, 0.05) is 12.5 Å². The zero-order valence-corrected chi connectivity index (χ0v) is 10.6. The van der Waals surface area contributed by atoms with E-state index in [9.17, 15) is 10.1 Å². The van der Waals surface area contributed by atoms with Gasteiger partial charge in [0.2, 0.25) is 0 Å². The lowest BCUT2D eigenvalue weighted by Gasteiger charge is -2.07. The topological polar surface area (TPSA) is 102 Å². The third kappa shape index (κ3) is 4.39. The molecule has 0 aliphatic rings. The van der Waals surface area contributed by atoms with Crippen LogP contribution in [0.3, 0.4) is 0 Å². The molecule has 3 N–H and O–H groups in total. The lowest BCUT2D eigenvalue weighted by Crippen LogP contribution is -2.11. The molecule has 0 aliphatic heterocycles. The maximum atomic E-state index is 10.6. The highest BCUT2D eigenvalue weighted by atomic mass is 79.9. The van der Waals surface area contributed by atoms with Crippen molar-refractivity contribution in [1.29, 1.82) is 5.41 Å². The molecule has 7 heteroatoms. The van der Waals surface area contributed by atoms with Crippen LogP contribution in [0.15, 0.2) is 22.7 Å². The Morgan fingerprint density at radius 3 is 2.88 bits per heavy atom. The number of rotatable bonds is 6. The SMILES string of the molecule is N=C(N)CCCOc1cc([N+](=O)[O-])ccc1Br. The quantitative estimate of drug-likeness (QED) is 0.277. The third-order valence-corrected chi connectivity index (χ3v) is 2.63. The van der Waals surface area contributed by atoms with E-state index in [0.29, 0.717) is 29.7 Å². The van der Waals surface area contributed by atoms with Gasteiger partial charge < -0.3 is 10.5 Å². The smallest absolute Gasteiger partial charge is 0.273 e. The molecule has 0 bridgehead atoms. The molecule has 0 saturated heterocycles. The Balaban J connectivity index is 2.60. The summed E-state index contributed by atoms with van der Waals surface area (Å²) >= 11 is 3.25. The second kappa shape index (κ2) is 6.19. The molecule has 0 aromatic heterocycles. The summed E-state index contributed by atoms with van der Waals surface area (Å²) in [4.78, 5) is 10.1. The Morgan fingerprint density at radius 1 is 1.59 bits per heavy atom. The van der Waals surface area contributed by atoms with Gasteiger partial charge in [0.1, 0.15) is 5.75 Å². The van der Waals surface area contributed by atoms with Gasteiger partial charge in [0.25, 0.3) is 5.69 Å². The minimum atomic E-state index is -0.477. The number of nitro groups is 1. The van der Waals surface area contributed by atoms with Crippen LogP contribution >= 0.6 is 15.9 Å². The fourth-order valence-corrected chi connectivity index (χ4v) is 1.52. The van der Waals surface area contributed by atoms with E-state index in [-0.39, 0.29) is 11.5 Å². The summed E-state index contributed by atoms with van der Waals surface area (Å²) in [6.07, 6.45) is 1.05. The highest BCUT2D eigenvalue weighted by molar-refractivity contribution is 9.10. The van der Waals surface area contributed by atoms with Gasteiger partial charge in [0.05, 0.1) is 27.9 Å². The molecule has 0 saturated carbocycles. The Labute approximate surface area is 107 Å². The highest BCUT2D eigenvalue weighted by Crippen LogP contribution is 2.29. The maximum absolute atomic E-state index is 10.6. The molecule has 1 aromatic rings. The molecule has 0 spiro atoms. The number of non-ortho nitro benzene ring substituents is 1. The van der Waals surface area contributed by atoms with Gasteiger partial charge in [-0.3, -0.25) is 15.5 Å². The Bertz CT molecular complexity index is 437. The second-order valence-electron chi connectivity index (χ2n) is 3.35. The van der Waals surface area contributed by atoms with Crippen LogP contribution in [0.1, 0.15) is 12.8 Å². The van der Waals surface area contributed by atoms with Gasteiger partial charge in [-0.05, 0) is 28.4 Å². The number of nitrogens with one attached hydrogen (secondary N) is 1. The number of hydrogen-bond acceptors (Lipinski definition) is 4. The average Bonchev–Trinajstić information content (AvgIpc) is 2.25. The molecule has 0 heterocycles. The third-order valence-electron chi connectivity index (χ3n) is 1.97. The molecule has 0 aliphatic carbocycles. The van der Waals surface area contributed by atoms with Gasteiger partial charge in [-0.15, -0.1) is 0 Å². The first kappa shape index (κ1) is 13.4. The fraction of sp³-hybridized carbons (Fsp3) is 0.300. The van der Waals surface area contributed by atoms with E-state index in [1.165, 1.54) is 12.1 Å². The Hall–Kier alpha value is -1.63. The molecule has 92 valence electrons. The van der Waals surface area contributed by atoms with Crippen LogP contribution in [0, 0.1) is 15.5 Å². The molecular formula is C10H12BrN3O3. The number of ether oxygens (including phenoxy) is 1. The van der Waals surface area contributed by atoms with Gasteiger partial charge in [-0.2, -0.15) is 0 Å². The van der Waals surface area contributed by atoms with Crippen LogP contribution in [0.25, 0.3) is 0 Å². The monoisotopic (exact) mass is 301 g/mol. The minimum absolute atomic E-state index is 0.0187. The average molecular weight is 302 g/mol. The minimum Gasteiger partial charge on any atom is -0.492 e. The maximum Gasteiger partial charge on any atom is 0.273 e. The number of halogens is 1. The molecule has 0 atom stereocenters. The number of amidine groups is 1. The van der Waals surface area contributed by atoms with Gasteiger partial charge in [-0.25, -0.2) is 0 Å². The number of nitrogens with two attached hydrogens (primary N) is 1. The van der Waals surface area contributed by atoms with Crippen molar-refractivity contribution in [2.24, 2.45) is 5.73 Å². The van der Waals surface area contributed by atoms with Gasteiger partial charge >= 0.3 is 0 Å². The van der Waals surface area contributed by atoms with E-state index < -0.39 is 4.92 Å². The van der Waals surface area contributed by atoms with E-state index in [0.717, 1.165) is 0 Å². The molecule has 0 unspecified atom stereocenters. The van der Waals surface area contributed by atoms with Gasteiger partial charge in [-0.1, -0.05) is 0 Å². The summed E-state index contributed by atoms with van der Waals surface area (Å²) in [5.41, 5.74) is 5.18. The van der Waals surface area contributed by atoms with Crippen molar-refractivity contribution in [3.05, 3.63) is 32.8 Å². The summed E-state index contributed by atoms with van der Waals surface area (Å²) in [6, 6.07) is 4.32. The van der Waals surface area contributed by atoms with Crippen LogP contribution < -0.4 is 10.5 Å². The van der Waals surface area contributed by atoms with Crippen molar-refractivity contribution < 1.29 is 9.66 Å². The number of nitrogens with zero attached hydrogens (tertiary/aromatic N) is 1. The van der Waals surface area contributed by atoms with Crippen LogP contribution in [0.4, 0.5) is 5.69 Å². The summed E-state index contributed by atoms with van der Waals surface area (Å²) in [6.45, 7) is 0.360. The van der Waals surface area contributed by atoms with Crippen molar-refractivity contribution in [2.45, 2.75) is 12.8 Å². The van der Waals surface area contributed by atoms with Crippen LogP contribution in [-0.2, 0) is 0 Å². The number of hydrogen-bond donors (Lipinski definition) is 2. The first-order valence-corrected chi connectivity index (χ1v) is 5.69. The fourth-order valence-electron chi connectivity index (χ4n) is 1.16. The summed E-state index contributed by atoms with van der Waals surface area (Å²) in [7, 11) is 0. The zero-order valence-electron chi connectivity index (χ0n) is 8.98. The largest absolute Gasteiger partial charge is 0.492 e. The van der Waals surface area contributed by atoms with Crippen LogP contribution in [0.2, 0.25) is 0 Å². The number of benzene rings is 1. The van der Waals surface area contributed by atoms with Crippen molar-refractivity contribution in [3.8, 4) is 5.75 Å². The van der Waals surface area contributed by atoms with Gasteiger partial charge in [0.15, 0.2) is 0 Å². The molecule has 0 fully saturated rings. The van der Waals surface area contributed by atoms with Crippen molar-refractivity contribution in [2.75, 3.05) is 6.61 Å². The van der Waals surface area contributed by atoms with E-state index in [1.54, 1.807) is 6.07 Å². The zero-order chi connectivity index (χ0) is 12.8. The van der Waals surface area contributed by atoms with Crippen molar-refractivity contribution in [3.63, 3.8) is 0 Å². The molecule has 0 amide bonds.